The van der Waals surface area contributed by atoms with Crippen molar-refractivity contribution >= 4 is 10.9 Å². The van der Waals surface area contributed by atoms with Crippen molar-refractivity contribution in [1.82, 2.24) is 14.6 Å². The summed E-state index contributed by atoms with van der Waals surface area (Å²) < 4.78 is 7.76. The molecule has 2 aromatic heterocycles. The summed E-state index contributed by atoms with van der Waals surface area (Å²) in [7, 11) is 6.00. The van der Waals surface area contributed by atoms with Gasteiger partial charge in [-0.15, -0.1) is 0 Å². The summed E-state index contributed by atoms with van der Waals surface area (Å²) >= 11 is 0. The molecular formula is C20H27N3O2. The molecule has 1 unspecified atom stereocenters. The first-order valence-electron chi connectivity index (χ1n) is 8.87. The molecule has 5 heteroatoms. The fraction of sp³-hybridized carbons (Fsp3) is 0.450. The zero-order chi connectivity index (χ0) is 18.1. The summed E-state index contributed by atoms with van der Waals surface area (Å²) in [5.41, 5.74) is 5.07. The molecule has 0 amide bonds. The topological polar surface area (TPSA) is 54.4 Å². The van der Waals surface area contributed by atoms with Gasteiger partial charge in [-0.3, -0.25) is 0 Å². The summed E-state index contributed by atoms with van der Waals surface area (Å²) in [5, 5.41) is 16.4. The van der Waals surface area contributed by atoms with Crippen LogP contribution in [-0.4, -0.2) is 40.4 Å². The highest BCUT2D eigenvalue weighted by molar-refractivity contribution is 5.93. The zero-order valence-electron chi connectivity index (χ0n) is 15.7. The molecule has 3 rings (SSSR count). The maximum absolute atomic E-state index is 11.0. The van der Waals surface area contributed by atoms with Crippen molar-refractivity contribution in [2.75, 3.05) is 20.6 Å². The minimum absolute atomic E-state index is 0.565. The molecule has 0 bridgehead atoms. The Morgan fingerprint density at radius 2 is 1.92 bits per heavy atom. The number of aliphatic hydroxyl groups excluding tert-OH is 1. The first kappa shape index (κ1) is 17.7. The number of aromatic nitrogens is 2. The van der Waals surface area contributed by atoms with Gasteiger partial charge in [-0.2, -0.15) is 0 Å². The van der Waals surface area contributed by atoms with Crippen molar-refractivity contribution in [3.63, 3.8) is 0 Å². The van der Waals surface area contributed by atoms with Gasteiger partial charge in [0.05, 0.1) is 23.1 Å². The van der Waals surface area contributed by atoms with E-state index in [2.05, 4.69) is 42.8 Å². The lowest BCUT2D eigenvalue weighted by Gasteiger charge is -2.18. The number of para-hydroxylation sites is 1. The van der Waals surface area contributed by atoms with Gasteiger partial charge in [-0.25, -0.2) is 0 Å². The Labute approximate surface area is 148 Å². The van der Waals surface area contributed by atoms with Gasteiger partial charge < -0.3 is 19.1 Å². The predicted molar refractivity (Wildman–Crippen MR) is 101 cm³/mol. The van der Waals surface area contributed by atoms with Crippen LogP contribution in [0.25, 0.3) is 22.2 Å². The van der Waals surface area contributed by atoms with Crippen molar-refractivity contribution in [3.8, 4) is 11.3 Å². The van der Waals surface area contributed by atoms with Crippen LogP contribution in [0.1, 0.15) is 37.0 Å². The fourth-order valence-electron chi connectivity index (χ4n) is 3.61. The summed E-state index contributed by atoms with van der Waals surface area (Å²) in [6.45, 7) is 4.72. The SMILES string of the molecule is CCc1noc(CC)c1-c1c(C(O)CN(C)C)c2ccccc2n1C. The van der Waals surface area contributed by atoms with E-state index in [0.29, 0.717) is 6.54 Å². The van der Waals surface area contributed by atoms with E-state index in [0.717, 1.165) is 52.0 Å². The molecule has 0 aliphatic carbocycles. The summed E-state index contributed by atoms with van der Waals surface area (Å²) in [6.07, 6.45) is 0.983. The molecule has 0 fully saturated rings. The van der Waals surface area contributed by atoms with Crippen molar-refractivity contribution < 1.29 is 9.63 Å². The van der Waals surface area contributed by atoms with E-state index in [1.807, 2.05) is 31.1 Å². The highest BCUT2D eigenvalue weighted by Crippen LogP contribution is 2.40. The number of fused-ring (bicyclic) bond motifs is 1. The number of hydrogen-bond donors (Lipinski definition) is 1. The molecule has 0 aliphatic heterocycles. The van der Waals surface area contributed by atoms with E-state index in [1.165, 1.54) is 0 Å². The Morgan fingerprint density at radius 1 is 1.20 bits per heavy atom. The van der Waals surface area contributed by atoms with E-state index in [-0.39, 0.29) is 0 Å². The van der Waals surface area contributed by atoms with Crippen molar-refractivity contribution in [1.29, 1.82) is 0 Å². The average Bonchev–Trinajstić information content (AvgIpc) is 3.12. The number of hydrogen-bond acceptors (Lipinski definition) is 4. The Hall–Kier alpha value is -2.11. The van der Waals surface area contributed by atoms with Crippen LogP contribution in [-0.2, 0) is 19.9 Å². The van der Waals surface area contributed by atoms with E-state index >= 15 is 0 Å². The van der Waals surface area contributed by atoms with Gasteiger partial charge in [0.25, 0.3) is 0 Å². The van der Waals surface area contributed by atoms with Crippen LogP contribution in [0.5, 0.6) is 0 Å². The average molecular weight is 341 g/mol. The predicted octanol–water partition coefficient (Wildman–Crippen LogP) is 3.55. The minimum Gasteiger partial charge on any atom is -0.387 e. The number of nitrogens with zero attached hydrogens (tertiary/aromatic N) is 3. The van der Waals surface area contributed by atoms with Crippen LogP contribution in [0.15, 0.2) is 28.8 Å². The zero-order valence-corrected chi connectivity index (χ0v) is 15.7. The molecule has 5 nitrogen and oxygen atoms in total. The van der Waals surface area contributed by atoms with Crippen molar-refractivity contribution in [2.45, 2.75) is 32.8 Å². The standard InChI is InChI=1S/C20H27N3O2/c1-6-14-19(17(7-2)25-21-14)20-18(16(24)12-22(3)4)13-10-8-9-11-15(13)23(20)5/h8-11,16,24H,6-7,12H2,1-5H3. The third kappa shape index (κ3) is 2.98. The van der Waals surface area contributed by atoms with Gasteiger partial charge in [-0.1, -0.05) is 37.2 Å². The van der Waals surface area contributed by atoms with E-state index in [1.54, 1.807) is 0 Å². The molecule has 1 atom stereocenters. The molecule has 0 radical (unpaired) electrons. The number of likely N-dealkylation sites (N-methyl/N-ethyl adjacent to an activating group) is 1. The van der Waals surface area contributed by atoms with Crippen LogP contribution in [0, 0.1) is 0 Å². The molecule has 134 valence electrons. The normalized spacial score (nSPS) is 13.1. The van der Waals surface area contributed by atoms with Crippen LogP contribution in [0.4, 0.5) is 0 Å². The molecule has 0 saturated carbocycles. The second-order valence-corrected chi connectivity index (χ2v) is 6.75. The molecule has 0 spiro atoms. The van der Waals surface area contributed by atoms with Crippen LogP contribution in [0.3, 0.4) is 0 Å². The van der Waals surface area contributed by atoms with Gasteiger partial charge in [0, 0.05) is 36.5 Å². The molecule has 3 aromatic rings. The lowest BCUT2D eigenvalue weighted by Crippen LogP contribution is -2.20. The van der Waals surface area contributed by atoms with Crippen LogP contribution >= 0.6 is 0 Å². The number of rotatable bonds is 6. The van der Waals surface area contributed by atoms with Gasteiger partial charge in [0.2, 0.25) is 0 Å². The quantitative estimate of drug-likeness (QED) is 0.745. The summed E-state index contributed by atoms with van der Waals surface area (Å²) in [4.78, 5) is 2.01. The molecule has 25 heavy (non-hydrogen) atoms. The number of aryl methyl sites for hydroxylation is 3. The second kappa shape index (κ2) is 7.02. The monoisotopic (exact) mass is 341 g/mol. The smallest absolute Gasteiger partial charge is 0.146 e. The largest absolute Gasteiger partial charge is 0.387 e. The molecule has 0 aliphatic rings. The maximum Gasteiger partial charge on any atom is 0.146 e. The Bertz CT molecular complexity index is 855. The van der Waals surface area contributed by atoms with E-state index in [9.17, 15) is 5.11 Å². The minimum atomic E-state index is -0.583. The third-order valence-electron chi connectivity index (χ3n) is 4.74. The fourth-order valence-corrected chi connectivity index (χ4v) is 3.61. The van der Waals surface area contributed by atoms with Crippen molar-refractivity contribution in [3.05, 3.63) is 41.3 Å². The summed E-state index contributed by atoms with van der Waals surface area (Å²) in [5.74, 6) is 0.876. The first-order chi connectivity index (χ1) is 12.0. The van der Waals surface area contributed by atoms with Crippen LogP contribution in [0.2, 0.25) is 0 Å². The van der Waals surface area contributed by atoms with E-state index < -0.39 is 6.10 Å². The number of benzene rings is 1. The molecule has 1 aromatic carbocycles. The lowest BCUT2D eigenvalue weighted by molar-refractivity contribution is 0.140. The Morgan fingerprint density at radius 3 is 2.56 bits per heavy atom. The molecule has 0 saturated heterocycles. The summed E-state index contributed by atoms with van der Waals surface area (Å²) in [6, 6.07) is 8.23. The molecule has 1 N–H and O–H groups in total. The first-order valence-corrected chi connectivity index (χ1v) is 8.87. The van der Waals surface area contributed by atoms with Gasteiger partial charge in [0.1, 0.15) is 5.76 Å². The van der Waals surface area contributed by atoms with E-state index in [4.69, 9.17) is 4.52 Å². The van der Waals surface area contributed by atoms with Gasteiger partial charge >= 0.3 is 0 Å². The third-order valence-corrected chi connectivity index (χ3v) is 4.74. The maximum atomic E-state index is 11.0. The highest BCUT2D eigenvalue weighted by atomic mass is 16.5. The van der Waals surface area contributed by atoms with Crippen molar-refractivity contribution in [2.24, 2.45) is 7.05 Å². The molecule has 2 heterocycles. The number of aliphatic hydroxyl groups is 1. The van der Waals surface area contributed by atoms with Crippen LogP contribution < -0.4 is 0 Å². The molecular weight excluding hydrogens is 314 g/mol. The Kier molecular flexibility index (Phi) is 4.97. The van der Waals surface area contributed by atoms with Gasteiger partial charge in [-0.05, 0) is 26.6 Å². The highest BCUT2D eigenvalue weighted by Gasteiger charge is 2.27. The second-order valence-electron chi connectivity index (χ2n) is 6.75. The van der Waals surface area contributed by atoms with Gasteiger partial charge in [0.15, 0.2) is 0 Å². The Balaban J connectivity index is 2.35. The lowest BCUT2D eigenvalue weighted by atomic mass is 9.97.